The minimum atomic E-state index is 0.177. The average Bonchev–Trinajstić information content (AvgIpc) is 3.06. The van der Waals surface area contributed by atoms with Gasteiger partial charge in [-0.25, -0.2) is 0 Å². The largest absolute Gasteiger partial charge is 0.381 e. The summed E-state index contributed by atoms with van der Waals surface area (Å²) >= 11 is 0. The molecular formula is C25H35N3O2. The Labute approximate surface area is 181 Å². The van der Waals surface area contributed by atoms with Crippen molar-refractivity contribution in [2.75, 3.05) is 32.8 Å². The van der Waals surface area contributed by atoms with Crippen molar-refractivity contribution in [3.05, 3.63) is 35.4 Å². The van der Waals surface area contributed by atoms with Crippen LogP contribution in [0.3, 0.4) is 0 Å². The SMILES string of the molecule is N#Cc1ccc(CN2CCC(C3CCCCCN3C(=O)C3CCOCC3)CC2)cc1. The Bertz CT molecular complexity index is 728. The highest BCUT2D eigenvalue weighted by Gasteiger charge is 2.36. The fourth-order valence-electron chi connectivity index (χ4n) is 5.52. The van der Waals surface area contributed by atoms with Gasteiger partial charge >= 0.3 is 0 Å². The van der Waals surface area contributed by atoms with Crippen molar-refractivity contribution in [2.24, 2.45) is 11.8 Å². The van der Waals surface area contributed by atoms with Crippen LogP contribution in [-0.2, 0) is 16.1 Å². The van der Waals surface area contributed by atoms with Crippen LogP contribution in [0.2, 0.25) is 0 Å². The molecule has 0 saturated carbocycles. The summed E-state index contributed by atoms with van der Waals surface area (Å²) in [5.74, 6) is 1.21. The normalized spacial score (nSPS) is 24.9. The van der Waals surface area contributed by atoms with E-state index in [4.69, 9.17) is 10.00 Å². The minimum Gasteiger partial charge on any atom is -0.381 e. The van der Waals surface area contributed by atoms with Crippen LogP contribution in [0.1, 0.15) is 62.5 Å². The summed E-state index contributed by atoms with van der Waals surface area (Å²) in [7, 11) is 0. The van der Waals surface area contributed by atoms with Crippen molar-refractivity contribution in [3.8, 4) is 6.07 Å². The van der Waals surface area contributed by atoms with Crippen LogP contribution >= 0.6 is 0 Å². The molecule has 3 saturated heterocycles. The fourth-order valence-corrected chi connectivity index (χ4v) is 5.52. The van der Waals surface area contributed by atoms with Gasteiger partial charge in [-0.15, -0.1) is 0 Å². The van der Waals surface area contributed by atoms with Crippen molar-refractivity contribution in [2.45, 2.75) is 64.0 Å². The number of ether oxygens (including phenoxy) is 1. The second-order valence-corrected chi connectivity index (χ2v) is 9.26. The Morgan fingerprint density at radius 1 is 0.967 bits per heavy atom. The molecule has 1 unspecified atom stereocenters. The molecule has 3 heterocycles. The van der Waals surface area contributed by atoms with E-state index in [1.54, 1.807) is 0 Å². The number of nitriles is 1. The number of carbonyl (C=O) groups is 1. The Morgan fingerprint density at radius 2 is 1.70 bits per heavy atom. The predicted octanol–water partition coefficient (Wildman–Crippen LogP) is 3.97. The first-order valence-corrected chi connectivity index (χ1v) is 11.8. The van der Waals surface area contributed by atoms with Crippen molar-refractivity contribution >= 4 is 5.91 Å². The first-order chi connectivity index (χ1) is 14.7. The van der Waals surface area contributed by atoms with Crippen molar-refractivity contribution in [3.63, 3.8) is 0 Å². The van der Waals surface area contributed by atoms with Crippen LogP contribution < -0.4 is 0 Å². The van der Waals surface area contributed by atoms with E-state index in [0.29, 0.717) is 17.9 Å². The lowest BCUT2D eigenvalue weighted by molar-refractivity contribution is -0.142. The molecular weight excluding hydrogens is 374 g/mol. The summed E-state index contributed by atoms with van der Waals surface area (Å²) in [6.07, 6.45) is 8.99. The predicted molar refractivity (Wildman–Crippen MR) is 117 cm³/mol. The van der Waals surface area contributed by atoms with Gasteiger partial charge in [-0.05, 0) is 75.2 Å². The van der Waals surface area contributed by atoms with Crippen molar-refractivity contribution in [1.82, 2.24) is 9.80 Å². The highest BCUT2D eigenvalue weighted by molar-refractivity contribution is 5.79. The second-order valence-electron chi connectivity index (χ2n) is 9.26. The molecule has 1 aromatic carbocycles. The standard InChI is InChI=1S/C25H35N3O2/c26-18-20-5-7-21(8-6-20)19-27-14-9-22(10-15-27)24-4-2-1-3-13-28(24)25(29)23-11-16-30-17-12-23/h5-8,22-24H,1-4,9-17,19H2. The number of carbonyl (C=O) groups excluding carboxylic acids is 1. The quantitative estimate of drug-likeness (QED) is 0.755. The molecule has 0 aromatic heterocycles. The van der Waals surface area contributed by atoms with Crippen LogP contribution in [0, 0.1) is 23.2 Å². The lowest BCUT2D eigenvalue weighted by Crippen LogP contribution is -2.50. The number of hydrogen-bond acceptors (Lipinski definition) is 4. The summed E-state index contributed by atoms with van der Waals surface area (Å²) < 4.78 is 5.49. The maximum Gasteiger partial charge on any atom is 0.226 e. The second kappa shape index (κ2) is 10.4. The van der Waals surface area contributed by atoms with E-state index in [1.165, 1.54) is 37.7 Å². The molecule has 1 atom stereocenters. The summed E-state index contributed by atoms with van der Waals surface area (Å²) in [6.45, 7) is 5.58. The smallest absolute Gasteiger partial charge is 0.226 e. The van der Waals surface area contributed by atoms with E-state index in [2.05, 4.69) is 28.0 Å². The van der Waals surface area contributed by atoms with Crippen LogP contribution in [-0.4, -0.2) is 54.6 Å². The van der Waals surface area contributed by atoms with Gasteiger partial charge in [0.1, 0.15) is 0 Å². The fraction of sp³-hybridized carbons (Fsp3) is 0.680. The van der Waals surface area contributed by atoms with Crippen LogP contribution in [0.5, 0.6) is 0 Å². The zero-order chi connectivity index (χ0) is 20.8. The lowest BCUT2D eigenvalue weighted by Gasteiger charge is -2.42. The zero-order valence-corrected chi connectivity index (χ0v) is 18.1. The Morgan fingerprint density at radius 3 is 2.40 bits per heavy atom. The number of amides is 1. The molecule has 0 aliphatic carbocycles. The third kappa shape index (κ3) is 5.22. The summed E-state index contributed by atoms with van der Waals surface area (Å²) in [4.78, 5) is 18.2. The first kappa shape index (κ1) is 21.3. The van der Waals surface area contributed by atoms with Gasteiger partial charge in [0.15, 0.2) is 0 Å². The molecule has 4 rings (SSSR count). The summed E-state index contributed by atoms with van der Waals surface area (Å²) in [5.41, 5.74) is 2.00. The lowest BCUT2D eigenvalue weighted by atomic mass is 9.85. The van der Waals surface area contributed by atoms with Gasteiger partial charge in [0.25, 0.3) is 0 Å². The summed E-state index contributed by atoms with van der Waals surface area (Å²) in [6, 6.07) is 10.6. The molecule has 0 N–H and O–H groups in total. The molecule has 0 radical (unpaired) electrons. The minimum absolute atomic E-state index is 0.177. The third-order valence-electron chi connectivity index (χ3n) is 7.32. The Balaban J connectivity index is 1.35. The van der Waals surface area contributed by atoms with Gasteiger partial charge in [0, 0.05) is 38.3 Å². The van der Waals surface area contributed by atoms with Crippen molar-refractivity contribution < 1.29 is 9.53 Å². The molecule has 0 bridgehead atoms. The number of hydrogen-bond donors (Lipinski definition) is 0. The maximum absolute atomic E-state index is 13.4. The van der Waals surface area contributed by atoms with E-state index in [0.717, 1.165) is 64.2 Å². The van der Waals surface area contributed by atoms with E-state index in [1.807, 2.05) is 12.1 Å². The van der Waals surface area contributed by atoms with Gasteiger partial charge in [-0.2, -0.15) is 5.26 Å². The number of benzene rings is 1. The molecule has 5 heteroatoms. The zero-order valence-electron chi connectivity index (χ0n) is 18.1. The van der Waals surface area contributed by atoms with Gasteiger partial charge < -0.3 is 9.64 Å². The van der Waals surface area contributed by atoms with E-state index >= 15 is 0 Å². The van der Waals surface area contributed by atoms with Gasteiger partial charge in [0.2, 0.25) is 5.91 Å². The van der Waals surface area contributed by atoms with Crippen LogP contribution in [0.4, 0.5) is 0 Å². The molecule has 3 aliphatic heterocycles. The molecule has 1 aromatic rings. The summed E-state index contributed by atoms with van der Waals surface area (Å²) in [5, 5.41) is 8.97. The van der Waals surface area contributed by atoms with Gasteiger partial charge in [-0.1, -0.05) is 25.0 Å². The van der Waals surface area contributed by atoms with Crippen LogP contribution in [0.15, 0.2) is 24.3 Å². The van der Waals surface area contributed by atoms with Crippen molar-refractivity contribution in [1.29, 1.82) is 5.26 Å². The molecule has 3 aliphatic rings. The number of likely N-dealkylation sites (tertiary alicyclic amines) is 2. The third-order valence-corrected chi connectivity index (χ3v) is 7.32. The van der Waals surface area contributed by atoms with Crippen LogP contribution in [0.25, 0.3) is 0 Å². The Hall–Kier alpha value is -1.90. The highest BCUT2D eigenvalue weighted by atomic mass is 16.5. The van der Waals surface area contributed by atoms with Gasteiger partial charge in [-0.3, -0.25) is 9.69 Å². The Kier molecular flexibility index (Phi) is 7.41. The molecule has 5 nitrogen and oxygen atoms in total. The van der Waals surface area contributed by atoms with E-state index in [9.17, 15) is 4.79 Å². The van der Waals surface area contributed by atoms with Gasteiger partial charge in [0.05, 0.1) is 11.6 Å². The maximum atomic E-state index is 13.4. The number of rotatable bonds is 4. The topological polar surface area (TPSA) is 56.6 Å². The first-order valence-electron chi connectivity index (χ1n) is 11.8. The number of piperidine rings is 1. The van der Waals surface area contributed by atoms with E-state index in [-0.39, 0.29) is 5.92 Å². The molecule has 1 amide bonds. The average molecular weight is 410 g/mol. The molecule has 0 spiro atoms. The molecule has 162 valence electrons. The number of nitrogens with zero attached hydrogens (tertiary/aromatic N) is 3. The monoisotopic (exact) mass is 409 g/mol. The van der Waals surface area contributed by atoms with E-state index < -0.39 is 0 Å². The highest BCUT2D eigenvalue weighted by Crippen LogP contribution is 2.32. The molecule has 3 fully saturated rings. The molecule has 30 heavy (non-hydrogen) atoms.